The van der Waals surface area contributed by atoms with E-state index in [1.54, 1.807) is 0 Å². The van der Waals surface area contributed by atoms with Gasteiger partial charge in [0.2, 0.25) is 0 Å². The second kappa shape index (κ2) is 20.0. The third-order valence-electron chi connectivity index (χ3n) is 4.46. The fraction of sp³-hybridized carbons (Fsp3) is 0.950. The summed E-state index contributed by atoms with van der Waals surface area (Å²) in [6.45, 7) is 2.84. The van der Waals surface area contributed by atoms with Crippen molar-refractivity contribution in [3.63, 3.8) is 0 Å². The highest BCUT2D eigenvalue weighted by molar-refractivity contribution is 9.18. The van der Waals surface area contributed by atoms with Crippen LogP contribution in [0, 0.1) is 0 Å². The van der Waals surface area contributed by atoms with E-state index in [1.165, 1.54) is 103 Å². The van der Waals surface area contributed by atoms with Crippen molar-refractivity contribution in [3.05, 3.63) is 0 Å². The van der Waals surface area contributed by atoms with Crippen LogP contribution in [0.4, 0.5) is 4.79 Å². The molecule has 0 fully saturated rings. The largest absolute Gasteiger partial charge is 0.457 e. The highest BCUT2D eigenvalue weighted by atomic mass is 79.9. The minimum atomic E-state index is -0.339. The fourth-order valence-electron chi connectivity index (χ4n) is 2.98. The van der Waals surface area contributed by atoms with Crippen LogP contribution < -0.4 is 0 Å². The number of rotatable bonds is 18. The molecule has 0 aromatic heterocycles. The third-order valence-corrected chi connectivity index (χ3v) is 4.69. The van der Waals surface area contributed by atoms with Crippen molar-refractivity contribution >= 4 is 20.8 Å². The lowest BCUT2D eigenvalue weighted by Gasteiger charge is -2.04. The molecule has 23 heavy (non-hydrogen) atoms. The zero-order valence-electron chi connectivity index (χ0n) is 15.4. The molecule has 138 valence electrons. The molecule has 0 bridgehead atoms. The Hall–Kier alpha value is -0.0500. The van der Waals surface area contributed by atoms with Crippen LogP contribution in [0.15, 0.2) is 0 Å². The Labute approximate surface area is 153 Å². The number of hydrogen-bond acceptors (Lipinski definition) is 2. The molecule has 2 nitrogen and oxygen atoms in total. The van der Waals surface area contributed by atoms with E-state index in [1.807, 2.05) is 0 Å². The van der Waals surface area contributed by atoms with Crippen molar-refractivity contribution in [1.29, 1.82) is 0 Å². The number of carbonyl (C=O) groups is 1. The van der Waals surface area contributed by atoms with E-state index in [-0.39, 0.29) is 4.88 Å². The quantitative estimate of drug-likeness (QED) is 0.174. The van der Waals surface area contributed by atoms with Crippen molar-refractivity contribution in [3.8, 4) is 0 Å². The number of carbonyl (C=O) groups excluding carboxylic acids is 1. The smallest absolute Gasteiger partial charge is 0.374 e. The molecule has 0 amide bonds. The Morgan fingerprint density at radius 2 is 0.913 bits per heavy atom. The summed E-state index contributed by atoms with van der Waals surface area (Å²) in [5.74, 6) is 0. The molecule has 0 aliphatic rings. The average Bonchev–Trinajstić information content (AvgIpc) is 2.53. The van der Waals surface area contributed by atoms with Gasteiger partial charge in [-0.2, -0.15) is 0 Å². The summed E-state index contributed by atoms with van der Waals surface area (Å²) in [4.78, 5) is 10.2. The van der Waals surface area contributed by atoms with E-state index < -0.39 is 0 Å². The molecule has 0 unspecified atom stereocenters. The second-order valence-corrected chi connectivity index (χ2v) is 7.39. The topological polar surface area (TPSA) is 26.3 Å². The molecule has 0 saturated heterocycles. The zero-order chi connectivity index (χ0) is 17.0. The minimum absolute atomic E-state index is 0.339. The first-order valence-electron chi connectivity index (χ1n) is 10.1. The normalized spacial score (nSPS) is 10.9. The van der Waals surface area contributed by atoms with Gasteiger partial charge < -0.3 is 4.74 Å². The van der Waals surface area contributed by atoms with Crippen molar-refractivity contribution in [2.24, 2.45) is 0 Å². The van der Waals surface area contributed by atoms with Crippen LogP contribution in [0.3, 0.4) is 0 Å². The third kappa shape index (κ3) is 21.9. The first kappa shape index (κ1) is 22.9. The van der Waals surface area contributed by atoms with Gasteiger partial charge in [-0.15, -0.1) is 0 Å². The van der Waals surface area contributed by atoms with Crippen molar-refractivity contribution < 1.29 is 9.53 Å². The monoisotopic (exact) mass is 390 g/mol. The number of ether oxygens (including phenoxy) is 1. The Kier molecular flexibility index (Phi) is 20.0. The molecular formula is C20H39BrO2. The molecule has 0 heterocycles. The van der Waals surface area contributed by atoms with Gasteiger partial charge in [-0.3, -0.25) is 0 Å². The van der Waals surface area contributed by atoms with Gasteiger partial charge in [0.1, 0.15) is 0 Å². The van der Waals surface area contributed by atoms with Crippen LogP contribution in [-0.4, -0.2) is 11.5 Å². The van der Waals surface area contributed by atoms with Crippen LogP contribution in [0.2, 0.25) is 0 Å². The molecule has 0 saturated carbocycles. The van der Waals surface area contributed by atoms with Crippen molar-refractivity contribution in [2.75, 3.05) is 6.61 Å². The summed E-state index contributed by atoms with van der Waals surface area (Å²) in [5, 5.41) is 0. The molecule has 3 heteroatoms. The summed E-state index contributed by atoms with van der Waals surface area (Å²) in [6.07, 6.45) is 23.3. The molecule has 0 N–H and O–H groups in total. The maximum atomic E-state index is 10.5. The summed E-state index contributed by atoms with van der Waals surface area (Å²) < 4.78 is 4.84. The van der Waals surface area contributed by atoms with Gasteiger partial charge in [0.05, 0.1) is 6.61 Å². The van der Waals surface area contributed by atoms with E-state index >= 15 is 0 Å². The van der Waals surface area contributed by atoms with Gasteiger partial charge in [0.15, 0.2) is 0 Å². The van der Waals surface area contributed by atoms with Crippen LogP contribution in [0.1, 0.15) is 116 Å². The van der Waals surface area contributed by atoms with Crippen molar-refractivity contribution in [1.82, 2.24) is 0 Å². The number of hydrogen-bond donors (Lipinski definition) is 0. The Morgan fingerprint density at radius 1 is 0.609 bits per heavy atom. The molecule has 0 aliphatic heterocycles. The number of unbranched alkanes of at least 4 members (excludes halogenated alkanes) is 16. The molecule has 0 aliphatic carbocycles. The maximum absolute atomic E-state index is 10.5. The molecule has 0 atom stereocenters. The maximum Gasteiger partial charge on any atom is 0.374 e. The number of halogens is 1. The summed E-state index contributed by atoms with van der Waals surface area (Å²) in [7, 11) is 0. The standard InChI is InChI=1S/C20H39BrO2/c1-2-3-4-5-6-7-8-9-10-11-12-13-14-15-16-17-18-19-23-20(21)22/h2-19H2,1H3. The molecule has 0 rings (SSSR count). The summed E-state index contributed by atoms with van der Waals surface area (Å²) in [6, 6.07) is 0. The predicted molar refractivity (Wildman–Crippen MR) is 104 cm³/mol. The van der Waals surface area contributed by atoms with Gasteiger partial charge in [0.25, 0.3) is 0 Å². The van der Waals surface area contributed by atoms with Crippen LogP contribution >= 0.6 is 15.9 Å². The van der Waals surface area contributed by atoms with E-state index in [4.69, 9.17) is 4.74 Å². The lowest BCUT2D eigenvalue weighted by atomic mass is 10.0. The molecular weight excluding hydrogens is 352 g/mol. The van der Waals surface area contributed by atoms with Crippen molar-refractivity contribution in [2.45, 2.75) is 116 Å². The van der Waals surface area contributed by atoms with Crippen LogP contribution in [0.5, 0.6) is 0 Å². The average molecular weight is 391 g/mol. The zero-order valence-corrected chi connectivity index (χ0v) is 17.0. The van der Waals surface area contributed by atoms with E-state index in [0.29, 0.717) is 6.61 Å². The molecule has 0 spiro atoms. The van der Waals surface area contributed by atoms with E-state index in [9.17, 15) is 4.79 Å². The van der Waals surface area contributed by atoms with Gasteiger partial charge in [-0.1, -0.05) is 110 Å². The van der Waals surface area contributed by atoms with E-state index in [2.05, 4.69) is 22.9 Å². The first-order chi connectivity index (χ1) is 11.3. The molecule has 0 radical (unpaired) electrons. The van der Waals surface area contributed by atoms with Crippen LogP contribution in [-0.2, 0) is 4.74 Å². The van der Waals surface area contributed by atoms with Gasteiger partial charge in [-0.05, 0) is 6.42 Å². The Balaban J connectivity index is 2.96. The highest BCUT2D eigenvalue weighted by Crippen LogP contribution is 2.14. The van der Waals surface area contributed by atoms with Gasteiger partial charge >= 0.3 is 4.88 Å². The highest BCUT2D eigenvalue weighted by Gasteiger charge is 1.96. The molecule has 0 aromatic rings. The van der Waals surface area contributed by atoms with E-state index in [0.717, 1.165) is 6.42 Å². The molecule has 0 aromatic carbocycles. The lowest BCUT2D eigenvalue weighted by molar-refractivity contribution is 0.174. The lowest BCUT2D eigenvalue weighted by Crippen LogP contribution is -1.95. The summed E-state index contributed by atoms with van der Waals surface area (Å²) in [5.41, 5.74) is 0. The van der Waals surface area contributed by atoms with Crippen LogP contribution in [0.25, 0.3) is 0 Å². The Bertz CT molecular complexity index is 244. The second-order valence-electron chi connectivity index (χ2n) is 6.74. The SMILES string of the molecule is CCCCCCCCCCCCCCCCCCCOC(=O)Br. The minimum Gasteiger partial charge on any atom is -0.457 e. The van der Waals surface area contributed by atoms with Gasteiger partial charge in [-0.25, -0.2) is 4.79 Å². The Morgan fingerprint density at radius 3 is 1.22 bits per heavy atom. The van der Waals surface area contributed by atoms with Gasteiger partial charge in [0, 0.05) is 15.9 Å². The first-order valence-corrected chi connectivity index (χ1v) is 10.9. The summed E-state index contributed by atoms with van der Waals surface area (Å²) >= 11 is 2.76. The fourth-order valence-corrected chi connectivity index (χ4v) is 3.14. The predicted octanol–water partition coefficient (Wildman–Crippen LogP) is 8.17.